The Hall–Kier alpha value is -2.28. The number of nitrogen functional groups attached to an aromatic ring is 1. The highest BCUT2D eigenvalue weighted by atomic mass is 19.1. The number of halogens is 1. The molecule has 2 N–H and O–H groups in total. The molecule has 2 rings (SSSR count). The predicted molar refractivity (Wildman–Crippen MR) is 77.6 cm³/mol. The Bertz CT molecular complexity index is 650. The fraction of sp³-hybridized carbons (Fsp3) is 0.312. The van der Waals surface area contributed by atoms with Crippen molar-refractivity contribution in [1.29, 1.82) is 5.26 Å². The highest BCUT2D eigenvalue weighted by molar-refractivity contribution is 5.51. The predicted octanol–water partition coefficient (Wildman–Crippen LogP) is 3.33. The molecular formula is C16H18FN3. The molecule has 104 valence electrons. The first-order chi connectivity index (χ1) is 9.51. The minimum atomic E-state index is -0.272. The molecule has 0 aliphatic carbocycles. The monoisotopic (exact) mass is 271 g/mol. The number of anilines is 1. The summed E-state index contributed by atoms with van der Waals surface area (Å²) >= 11 is 0. The van der Waals surface area contributed by atoms with Crippen LogP contribution in [0.1, 0.15) is 30.8 Å². The van der Waals surface area contributed by atoms with Gasteiger partial charge >= 0.3 is 0 Å². The molecule has 0 atom stereocenters. The maximum absolute atomic E-state index is 13.3. The van der Waals surface area contributed by atoms with E-state index in [1.165, 1.54) is 12.1 Å². The molecule has 20 heavy (non-hydrogen) atoms. The number of rotatable bonds is 4. The van der Waals surface area contributed by atoms with E-state index in [-0.39, 0.29) is 5.82 Å². The molecule has 0 amide bonds. The molecule has 0 saturated carbocycles. The van der Waals surface area contributed by atoms with Crippen molar-refractivity contribution in [2.24, 2.45) is 5.92 Å². The number of hydrogen-bond donors (Lipinski definition) is 1. The van der Waals surface area contributed by atoms with E-state index < -0.39 is 0 Å². The Balaban J connectivity index is 2.41. The van der Waals surface area contributed by atoms with Gasteiger partial charge in [-0.05, 0) is 36.1 Å². The zero-order valence-electron chi connectivity index (χ0n) is 11.7. The Kier molecular flexibility index (Phi) is 4.09. The van der Waals surface area contributed by atoms with Crippen LogP contribution in [-0.2, 0) is 13.0 Å². The fourth-order valence-electron chi connectivity index (χ4n) is 2.32. The number of nitrogens with zero attached hydrogens (tertiary/aromatic N) is 2. The van der Waals surface area contributed by atoms with Gasteiger partial charge in [0.15, 0.2) is 0 Å². The maximum Gasteiger partial charge on any atom is 0.123 e. The van der Waals surface area contributed by atoms with Crippen LogP contribution in [0.3, 0.4) is 0 Å². The number of nitrogens with two attached hydrogens (primary N) is 1. The topological polar surface area (TPSA) is 54.7 Å². The quantitative estimate of drug-likeness (QED) is 0.927. The lowest BCUT2D eigenvalue weighted by atomic mass is 10.1. The van der Waals surface area contributed by atoms with E-state index in [9.17, 15) is 9.65 Å². The summed E-state index contributed by atoms with van der Waals surface area (Å²) in [5, 5.41) is 9.22. The number of aromatic nitrogens is 1. The lowest BCUT2D eigenvalue weighted by molar-refractivity contribution is 0.599. The standard InChI is InChI=1S/C16H18FN3/c1-11(2)6-16-15(19)8-14(9-18)20(16)10-12-4-3-5-13(17)7-12/h3-5,7-8,11H,6,10,19H2,1-2H3. The molecule has 0 aliphatic rings. The van der Waals surface area contributed by atoms with Crippen molar-refractivity contribution in [3.05, 3.63) is 53.1 Å². The van der Waals surface area contributed by atoms with Gasteiger partial charge < -0.3 is 10.3 Å². The van der Waals surface area contributed by atoms with Gasteiger partial charge in [0.1, 0.15) is 17.6 Å². The molecule has 4 heteroatoms. The summed E-state index contributed by atoms with van der Waals surface area (Å²) in [5.74, 6) is 0.163. The molecular weight excluding hydrogens is 253 g/mol. The summed E-state index contributed by atoms with van der Waals surface area (Å²) in [5.41, 5.74) is 8.92. The van der Waals surface area contributed by atoms with Gasteiger partial charge in [0, 0.05) is 12.2 Å². The Morgan fingerprint density at radius 1 is 1.35 bits per heavy atom. The molecule has 0 radical (unpaired) electrons. The van der Waals surface area contributed by atoms with Crippen LogP contribution >= 0.6 is 0 Å². The van der Waals surface area contributed by atoms with E-state index in [2.05, 4.69) is 19.9 Å². The minimum absolute atomic E-state index is 0.272. The summed E-state index contributed by atoms with van der Waals surface area (Å²) in [7, 11) is 0. The molecule has 0 spiro atoms. The SMILES string of the molecule is CC(C)Cc1c(N)cc(C#N)n1Cc1cccc(F)c1. The first-order valence-corrected chi connectivity index (χ1v) is 6.63. The van der Waals surface area contributed by atoms with Crippen LogP contribution in [-0.4, -0.2) is 4.57 Å². The zero-order valence-corrected chi connectivity index (χ0v) is 11.7. The van der Waals surface area contributed by atoms with E-state index in [1.54, 1.807) is 12.1 Å². The van der Waals surface area contributed by atoms with Gasteiger partial charge in [-0.1, -0.05) is 26.0 Å². The van der Waals surface area contributed by atoms with Gasteiger partial charge in [-0.15, -0.1) is 0 Å². The summed E-state index contributed by atoms with van der Waals surface area (Å²) < 4.78 is 15.1. The number of nitriles is 1. The van der Waals surface area contributed by atoms with Crippen LogP contribution in [0.15, 0.2) is 30.3 Å². The van der Waals surface area contributed by atoms with E-state index in [1.807, 2.05) is 10.6 Å². The average molecular weight is 271 g/mol. The molecule has 0 saturated heterocycles. The molecule has 0 fully saturated rings. The third-order valence-corrected chi connectivity index (χ3v) is 3.19. The molecule has 0 bridgehead atoms. The van der Waals surface area contributed by atoms with Gasteiger partial charge in [-0.2, -0.15) is 5.26 Å². The second-order valence-corrected chi connectivity index (χ2v) is 5.36. The van der Waals surface area contributed by atoms with Gasteiger partial charge in [-0.25, -0.2) is 4.39 Å². The van der Waals surface area contributed by atoms with E-state index in [0.717, 1.165) is 17.7 Å². The van der Waals surface area contributed by atoms with Crippen molar-refractivity contribution in [1.82, 2.24) is 4.57 Å². The molecule has 1 heterocycles. The van der Waals surface area contributed by atoms with E-state index >= 15 is 0 Å². The van der Waals surface area contributed by atoms with Crippen LogP contribution in [0, 0.1) is 23.1 Å². The largest absolute Gasteiger partial charge is 0.397 e. The molecule has 1 aromatic carbocycles. The minimum Gasteiger partial charge on any atom is -0.397 e. The third kappa shape index (κ3) is 3.00. The summed E-state index contributed by atoms with van der Waals surface area (Å²) in [6.45, 7) is 4.66. The van der Waals surface area contributed by atoms with Crippen molar-refractivity contribution in [2.45, 2.75) is 26.8 Å². The molecule has 0 aliphatic heterocycles. The van der Waals surface area contributed by atoms with Crippen molar-refractivity contribution < 1.29 is 4.39 Å². The molecule has 0 unspecified atom stereocenters. The zero-order chi connectivity index (χ0) is 14.7. The van der Waals surface area contributed by atoms with Crippen molar-refractivity contribution in [3.63, 3.8) is 0 Å². The first-order valence-electron chi connectivity index (χ1n) is 6.63. The Morgan fingerprint density at radius 2 is 2.10 bits per heavy atom. The van der Waals surface area contributed by atoms with Gasteiger partial charge in [-0.3, -0.25) is 0 Å². The summed E-state index contributed by atoms with van der Waals surface area (Å²) in [6.07, 6.45) is 0.794. The van der Waals surface area contributed by atoms with Crippen molar-refractivity contribution in [3.8, 4) is 6.07 Å². The molecule has 1 aromatic heterocycles. The average Bonchev–Trinajstić information content (AvgIpc) is 2.66. The number of benzene rings is 1. The third-order valence-electron chi connectivity index (χ3n) is 3.19. The Labute approximate surface area is 118 Å². The van der Waals surface area contributed by atoms with Crippen LogP contribution < -0.4 is 5.73 Å². The highest BCUT2D eigenvalue weighted by Gasteiger charge is 2.14. The summed E-state index contributed by atoms with van der Waals surface area (Å²) in [6, 6.07) is 10.3. The fourth-order valence-corrected chi connectivity index (χ4v) is 2.32. The lowest BCUT2D eigenvalue weighted by Crippen LogP contribution is -2.10. The van der Waals surface area contributed by atoms with Crippen LogP contribution in [0.2, 0.25) is 0 Å². The first kappa shape index (κ1) is 14.1. The number of hydrogen-bond acceptors (Lipinski definition) is 2. The van der Waals surface area contributed by atoms with E-state index in [0.29, 0.717) is 23.8 Å². The normalized spacial score (nSPS) is 10.8. The smallest absolute Gasteiger partial charge is 0.123 e. The molecule has 3 nitrogen and oxygen atoms in total. The summed E-state index contributed by atoms with van der Waals surface area (Å²) in [4.78, 5) is 0. The van der Waals surface area contributed by atoms with Crippen molar-refractivity contribution in [2.75, 3.05) is 5.73 Å². The molecule has 2 aromatic rings. The van der Waals surface area contributed by atoms with Crippen LogP contribution in [0.25, 0.3) is 0 Å². The Morgan fingerprint density at radius 3 is 2.70 bits per heavy atom. The second-order valence-electron chi connectivity index (χ2n) is 5.36. The van der Waals surface area contributed by atoms with E-state index in [4.69, 9.17) is 5.73 Å². The van der Waals surface area contributed by atoms with Crippen LogP contribution in [0.4, 0.5) is 10.1 Å². The van der Waals surface area contributed by atoms with Gasteiger partial charge in [0.25, 0.3) is 0 Å². The highest BCUT2D eigenvalue weighted by Crippen LogP contribution is 2.23. The second kappa shape index (κ2) is 5.79. The lowest BCUT2D eigenvalue weighted by Gasteiger charge is -2.13. The maximum atomic E-state index is 13.3. The van der Waals surface area contributed by atoms with Crippen molar-refractivity contribution >= 4 is 5.69 Å². The van der Waals surface area contributed by atoms with Gasteiger partial charge in [0.05, 0.1) is 5.69 Å². The van der Waals surface area contributed by atoms with Crippen LogP contribution in [0.5, 0.6) is 0 Å². The van der Waals surface area contributed by atoms with Gasteiger partial charge in [0.2, 0.25) is 0 Å².